The lowest BCUT2D eigenvalue weighted by atomic mass is 10.2. The van der Waals surface area contributed by atoms with Crippen molar-refractivity contribution in [1.82, 2.24) is 9.97 Å². The molecule has 0 aliphatic carbocycles. The van der Waals surface area contributed by atoms with Crippen molar-refractivity contribution < 1.29 is 4.74 Å². The molecular formula is C22H22N6OS. The Bertz CT molecular complexity index is 1010. The van der Waals surface area contributed by atoms with Gasteiger partial charge in [-0.25, -0.2) is 9.97 Å². The van der Waals surface area contributed by atoms with E-state index in [1.807, 2.05) is 42.5 Å². The van der Waals surface area contributed by atoms with Crippen molar-refractivity contribution in [2.75, 3.05) is 48.4 Å². The number of benzene rings is 2. The monoisotopic (exact) mass is 418 g/mol. The predicted octanol–water partition coefficient (Wildman–Crippen LogP) is 4.14. The lowest BCUT2D eigenvalue weighted by Gasteiger charge is -2.28. The highest BCUT2D eigenvalue weighted by Gasteiger charge is 2.11. The van der Waals surface area contributed by atoms with E-state index in [9.17, 15) is 0 Å². The summed E-state index contributed by atoms with van der Waals surface area (Å²) in [5, 5.41) is 15.9. The van der Waals surface area contributed by atoms with E-state index in [0.29, 0.717) is 5.95 Å². The van der Waals surface area contributed by atoms with Crippen LogP contribution in [-0.4, -0.2) is 42.8 Å². The van der Waals surface area contributed by atoms with Crippen molar-refractivity contribution in [3.8, 4) is 6.07 Å². The first kappa shape index (κ1) is 20.0. The second-order valence-corrected chi connectivity index (χ2v) is 7.73. The molecule has 2 N–H and O–H groups in total. The topological polar surface area (TPSA) is 86.1 Å². The van der Waals surface area contributed by atoms with Crippen molar-refractivity contribution in [1.29, 1.82) is 5.26 Å². The molecule has 0 amide bonds. The van der Waals surface area contributed by atoms with Crippen LogP contribution in [0.5, 0.6) is 0 Å². The number of hydrogen-bond acceptors (Lipinski definition) is 8. The van der Waals surface area contributed by atoms with Crippen LogP contribution in [0, 0.1) is 11.3 Å². The third-order valence-electron chi connectivity index (χ3n) is 4.56. The molecule has 1 aliphatic heterocycles. The summed E-state index contributed by atoms with van der Waals surface area (Å²) in [5.74, 6) is 0.554. The van der Waals surface area contributed by atoms with Crippen LogP contribution in [0.25, 0.3) is 0 Å². The Labute approximate surface area is 180 Å². The molecule has 0 saturated carbocycles. The smallest absolute Gasteiger partial charge is 0.228 e. The van der Waals surface area contributed by atoms with Crippen LogP contribution in [0.2, 0.25) is 0 Å². The van der Waals surface area contributed by atoms with Gasteiger partial charge in [0, 0.05) is 41.2 Å². The van der Waals surface area contributed by atoms with E-state index < -0.39 is 0 Å². The highest BCUT2D eigenvalue weighted by Crippen LogP contribution is 2.29. The number of anilines is 4. The molecule has 1 saturated heterocycles. The molecule has 0 spiro atoms. The Balaban J connectivity index is 1.40. The van der Waals surface area contributed by atoms with Crippen LogP contribution in [-0.2, 0) is 4.74 Å². The van der Waals surface area contributed by atoms with Gasteiger partial charge in [-0.2, -0.15) is 5.26 Å². The van der Waals surface area contributed by atoms with E-state index in [-0.39, 0.29) is 6.54 Å². The number of hydrogen-bond donors (Lipinski definition) is 2. The minimum absolute atomic E-state index is 0.278. The second kappa shape index (κ2) is 9.96. The molecule has 2 aromatic carbocycles. The fourth-order valence-corrected chi connectivity index (χ4v) is 3.93. The Kier molecular flexibility index (Phi) is 6.65. The van der Waals surface area contributed by atoms with Gasteiger partial charge in [-0.15, -0.1) is 0 Å². The summed E-state index contributed by atoms with van der Waals surface area (Å²) >= 11 is 1.55. The minimum Gasteiger partial charge on any atom is -0.378 e. The zero-order valence-electron chi connectivity index (χ0n) is 16.4. The van der Waals surface area contributed by atoms with E-state index in [2.05, 4.69) is 43.7 Å². The summed E-state index contributed by atoms with van der Waals surface area (Å²) < 4.78 is 5.41. The van der Waals surface area contributed by atoms with Crippen molar-refractivity contribution in [3.63, 3.8) is 0 Å². The van der Waals surface area contributed by atoms with Crippen LogP contribution >= 0.6 is 11.8 Å². The zero-order chi connectivity index (χ0) is 20.6. The third kappa shape index (κ3) is 5.41. The number of morpholine rings is 1. The number of nitriles is 1. The van der Waals surface area contributed by atoms with Gasteiger partial charge in [-0.1, -0.05) is 17.8 Å². The lowest BCUT2D eigenvalue weighted by molar-refractivity contribution is 0.122. The first-order chi connectivity index (χ1) is 14.8. The number of ether oxygens (including phenoxy) is 1. The molecule has 0 atom stereocenters. The minimum atomic E-state index is 0.278. The van der Waals surface area contributed by atoms with Crippen LogP contribution in [0.4, 0.5) is 23.0 Å². The molecule has 0 bridgehead atoms. The fourth-order valence-electron chi connectivity index (χ4n) is 3.10. The molecule has 4 rings (SSSR count). The standard InChI is InChI=1S/C22H22N6OS/c23-9-11-24-18-2-1-3-20(16-18)30-21-8-10-25-22(27-21)26-17-4-6-19(7-5-17)28-12-14-29-15-13-28/h1-8,10,16,24H,11-15H2,(H,25,26,27). The van der Waals surface area contributed by atoms with Crippen molar-refractivity contribution >= 4 is 34.8 Å². The van der Waals surface area contributed by atoms with Crippen LogP contribution < -0.4 is 15.5 Å². The molecule has 1 fully saturated rings. The highest BCUT2D eigenvalue weighted by molar-refractivity contribution is 7.99. The molecule has 152 valence electrons. The van der Waals surface area contributed by atoms with E-state index in [0.717, 1.165) is 47.6 Å². The summed E-state index contributed by atoms with van der Waals surface area (Å²) in [6.45, 7) is 3.66. The van der Waals surface area contributed by atoms with Gasteiger partial charge in [0.15, 0.2) is 0 Å². The number of nitrogens with zero attached hydrogens (tertiary/aromatic N) is 4. The van der Waals surface area contributed by atoms with Crippen molar-refractivity contribution in [2.45, 2.75) is 9.92 Å². The molecule has 3 aromatic rings. The van der Waals surface area contributed by atoms with Gasteiger partial charge in [0.1, 0.15) is 11.6 Å². The van der Waals surface area contributed by atoms with Gasteiger partial charge >= 0.3 is 0 Å². The van der Waals surface area contributed by atoms with Gasteiger partial charge < -0.3 is 20.3 Å². The molecule has 8 heteroatoms. The van der Waals surface area contributed by atoms with E-state index >= 15 is 0 Å². The van der Waals surface area contributed by atoms with E-state index in [4.69, 9.17) is 10.00 Å². The number of rotatable bonds is 7. The van der Waals surface area contributed by atoms with Crippen molar-refractivity contribution in [3.05, 3.63) is 60.8 Å². The molecule has 30 heavy (non-hydrogen) atoms. The quantitative estimate of drug-likeness (QED) is 0.437. The fraction of sp³-hybridized carbons (Fsp3) is 0.227. The van der Waals surface area contributed by atoms with Gasteiger partial charge in [-0.3, -0.25) is 0 Å². The highest BCUT2D eigenvalue weighted by atomic mass is 32.2. The van der Waals surface area contributed by atoms with Crippen LogP contribution in [0.3, 0.4) is 0 Å². The maximum absolute atomic E-state index is 8.72. The zero-order valence-corrected chi connectivity index (χ0v) is 17.2. The van der Waals surface area contributed by atoms with Gasteiger partial charge in [0.05, 0.1) is 19.3 Å². The Morgan fingerprint density at radius 2 is 1.90 bits per heavy atom. The number of nitrogens with one attached hydrogen (secondary N) is 2. The van der Waals surface area contributed by atoms with Crippen LogP contribution in [0.1, 0.15) is 0 Å². The maximum Gasteiger partial charge on any atom is 0.228 e. The normalized spacial score (nSPS) is 13.5. The van der Waals surface area contributed by atoms with Gasteiger partial charge in [-0.05, 0) is 48.5 Å². The van der Waals surface area contributed by atoms with Crippen molar-refractivity contribution in [2.24, 2.45) is 0 Å². The molecule has 1 aromatic heterocycles. The Morgan fingerprint density at radius 1 is 1.07 bits per heavy atom. The molecule has 1 aliphatic rings. The Morgan fingerprint density at radius 3 is 2.70 bits per heavy atom. The summed E-state index contributed by atoms with van der Waals surface area (Å²) in [4.78, 5) is 12.3. The van der Waals surface area contributed by atoms with E-state index in [1.54, 1.807) is 18.0 Å². The molecular weight excluding hydrogens is 396 g/mol. The summed E-state index contributed by atoms with van der Waals surface area (Å²) in [7, 11) is 0. The number of aromatic nitrogens is 2. The average molecular weight is 419 g/mol. The van der Waals surface area contributed by atoms with Crippen LogP contribution in [0.15, 0.2) is 70.7 Å². The summed E-state index contributed by atoms with van der Waals surface area (Å²) in [6.07, 6.45) is 1.75. The van der Waals surface area contributed by atoms with Gasteiger partial charge in [0.25, 0.3) is 0 Å². The lowest BCUT2D eigenvalue weighted by Crippen LogP contribution is -2.36. The molecule has 0 unspecified atom stereocenters. The summed E-state index contributed by atoms with van der Waals surface area (Å²) in [6, 6.07) is 20.2. The molecule has 2 heterocycles. The van der Waals surface area contributed by atoms with Gasteiger partial charge in [0.2, 0.25) is 5.95 Å². The average Bonchev–Trinajstić information content (AvgIpc) is 2.79. The second-order valence-electron chi connectivity index (χ2n) is 6.63. The first-order valence-corrected chi connectivity index (χ1v) is 10.5. The molecule has 7 nitrogen and oxygen atoms in total. The maximum atomic E-state index is 8.72. The largest absolute Gasteiger partial charge is 0.378 e. The molecule has 0 radical (unpaired) electrons. The third-order valence-corrected chi connectivity index (χ3v) is 5.48. The SMILES string of the molecule is N#CCNc1cccc(Sc2ccnc(Nc3ccc(N4CCOCC4)cc3)n2)c1. The predicted molar refractivity (Wildman–Crippen MR) is 119 cm³/mol. The Hall–Kier alpha value is -3.28. The van der Waals surface area contributed by atoms with E-state index in [1.165, 1.54) is 5.69 Å². The first-order valence-electron chi connectivity index (χ1n) is 9.72. The summed E-state index contributed by atoms with van der Waals surface area (Å²) in [5.41, 5.74) is 3.05.